The zero-order chi connectivity index (χ0) is 24.9. The first-order valence-electron chi connectivity index (χ1n) is 12.5. The van der Waals surface area contributed by atoms with E-state index in [1.54, 1.807) is 9.80 Å². The number of carbonyl (C=O) groups excluding carboxylic acids is 2. The van der Waals surface area contributed by atoms with Crippen LogP contribution in [0.5, 0.6) is 0 Å². The summed E-state index contributed by atoms with van der Waals surface area (Å²) >= 11 is 0. The van der Waals surface area contributed by atoms with E-state index in [1.165, 1.54) is 0 Å². The molecule has 0 spiro atoms. The predicted octanol–water partition coefficient (Wildman–Crippen LogP) is 3.78. The highest BCUT2D eigenvalue weighted by molar-refractivity contribution is 5.91. The van der Waals surface area contributed by atoms with Gasteiger partial charge in [0, 0.05) is 50.2 Å². The molecule has 36 heavy (non-hydrogen) atoms. The van der Waals surface area contributed by atoms with E-state index >= 15 is 0 Å². The van der Waals surface area contributed by atoms with Crippen molar-refractivity contribution in [1.29, 1.82) is 0 Å². The molecule has 0 bridgehead atoms. The molecule has 5 rings (SSSR count). The van der Waals surface area contributed by atoms with Gasteiger partial charge in [-0.05, 0) is 29.2 Å². The van der Waals surface area contributed by atoms with Crippen molar-refractivity contribution < 1.29 is 9.59 Å². The molecule has 0 saturated carbocycles. The average molecular weight is 481 g/mol. The fourth-order valence-corrected chi connectivity index (χ4v) is 5.10. The summed E-state index contributed by atoms with van der Waals surface area (Å²) in [5.41, 5.74) is 4.27. The number of para-hydroxylation sites is 1. The lowest BCUT2D eigenvalue weighted by Crippen LogP contribution is -2.62. The molecule has 1 saturated heterocycles. The van der Waals surface area contributed by atoms with E-state index in [0.29, 0.717) is 32.5 Å². The molecular weight excluding hydrogens is 448 g/mol. The second kappa shape index (κ2) is 10.8. The molecule has 4 aromatic rings. The predicted molar refractivity (Wildman–Crippen MR) is 142 cm³/mol. The van der Waals surface area contributed by atoms with Crippen molar-refractivity contribution in [2.75, 3.05) is 20.1 Å². The Morgan fingerprint density at radius 2 is 1.64 bits per heavy atom. The van der Waals surface area contributed by atoms with E-state index in [2.05, 4.69) is 16.4 Å². The molecule has 0 radical (unpaired) electrons. The molecule has 2 N–H and O–H groups in total. The Labute approximate surface area is 211 Å². The lowest BCUT2D eigenvalue weighted by molar-refractivity contribution is -0.148. The van der Waals surface area contributed by atoms with Crippen molar-refractivity contribution in [3.8, 4) is 0 Å². The lowest BCUT2D eigenvalue weighted by Gasteiger charge is -2.39. The van der Waals surface area contributed by atoms with Crippen LogP contribution in [0.15, 0.2) is 91.1 Å². The van der Waals surface area contributed by atoms with Crippen LogP contribution in [-0.4, -0.2) is 58.8 Å². The smallest absolute Gasteiger partial charge is 0.245 e. The maximum absolute atomic E-state index is 13.8. The number of piperazine rings is 1. The average Bonchev–Trinajstić information content (AvgIpc) is 3.32. The molecule has 1 unspecified atom stereocenters. The van der Waals surface area contributed by atoms with E-state index in [1.807, 2.05) is 92.1 Å². The fraction of sp³-hybridized carbons (Fsp3) is 0.267. The van der Waals surface area contributed by atoms with Crippen LogP contribution in [-0.2, 0) is 29.0 Å². The van der Waals surface area contributed by atoms with Gasteiger partial charge in [0.25, 0.3) is 0 Å². The highest BCUT2D eigenvalue weighted by Gasteiger charge is 2.37. The van der Waals surface area contributed by atoms with Gasteiger partial charge in [0.1, 0.15) is 6.04 Å². The fourth-order valence-electron chi connectivity index (χ4n) is 5.10. The first-order valence-corrected chi connectivity index (χ1v) is 12.5. The first kappa shape index (κ1) is 23.8. The molecule has 1 aromatic heterocycles. The number of H-pyrrole nitrogens is 1. The first-order chi connectivity index (χ1) is 17.6. The summed E-state index contributed by atoms with van der Waals surface area (Å²) in [6, 6.07) is 27.1. The van der Waals surface area contributed by atoms with Crippen molar-refractivity contribution in [2.45, 2.75) is 31.5 Å². The van der Waals surface area contributed by atoms with E-state index in [-0.39, 0.29) is 17.9 Å². The zero-order valence-electron chi connectivity index (χ0n) is 20.6. The molecule has 2 amide bonds. The molecule has 1 fully saturated rings. The molecule has 2 heterocycles. The highest BCUT2D eigenvalue weighted by atomic mass is 16.2. The molecule has 3 aromatic carbocycles. The maximum Gasteiger partial charge on any atom is 0.245 e. The van der Waals surface area contributed by atoms with Crippen molar-refractivity contribution in [2.24, 2.45) is 0 Å². The maximum atomic E-state index is 13.8. The van der Waals surface area contributed by atoms with Crippen LogP contribution >= 0.6 is 0 Å². The number of rotatable bonds is 8. The van der Waals surface area contributed by atoms with Crippen LogP contribution in [0.4, 0.5) is 0 Å². The number of nitrogens with one attached hydrogen (secondary N) is 2. The third-order valence-electron chi connectivity index (χ3n) is 7.00. The molecule has 2 atom stereocenters. The molecule has 0 aliphatic carbocycles. The number of aromatic amines is 1. The van der Waals surface area contributed by atoms with Gasteiger partial charge in [0.15, 0.2) is 0 Å². The van der Waals surface area contributed by atoms with Crippen LogP contribution in [0.1, 0.15) is 16.7 Å². The van der Waals surface area contributed by atoms with Crippen LogP contribution in [0.25, 0.3) is 10.9 Å². The zero-order valence-corrected chi connectivity index (χ0v) is 20.6. The summed E-state index contributed by atoms with van der Waals surface area (Å²) in [6.45, 7) is 1.66. The van der Waals surface area contributed by atoms with Gasteiger partial charge in [-0.15, -0.1) is 0 Å². The number of aromatic nitrogens is 1. The van der Waals surface area contributed by atoms with Crippen LogP contribution in [0, 0.1) is 0 Å². The number of fused-ring (bicyclic) bond motifs is 1. The summed E-state index contributed by atoms with van der Waals surface area (Å²) in [4.78, 5) is 34.4. The van der Waals surface area contributed by atoms with E-state index in [0.717, 1.165) is 27.6 Å². The Morgan fingerprint density at radius 3 is 2.39 bits per heavy atom. The minimum Gasteiger partial charge on any atom is -0.361 e. The Morgan fingerprint density at radius 1 is 0.972 bits per heavy atom. The number of hydrogen-bond donors (Lipinski definition) is 2. The Balaban J connectivity index is 1.38. The van der Waals surface area contributed by atoms with Gasteiger partial charge in [-0.2, -0.15) is 0 Å². The highest BCUT2D eigenvalue weighted by Crippen LogP contribution is 2.22. The van der Waals surface area contributed by atoms with E-state index in [9.17, 15) is 9.59 Å². The van der Waals surface area contributed by atoms with Crippen LogP contribution < -0.4 is 5.32 Å². The number of carbonyl (C=O) groups is 2. The topological polar surface area (TPSA) is 68.4 Å². The Bertz CT molecular complexity index is 1320. The van der Waals surface area contributed by atoms with Crippen LogP contribution in [0.3, 0.4) is 0 Å². The quantitative estimate of drug-likeness (QED) is 0.403. The number of benzene rings is 3. The van der Waals surface area contributed by atoms with E-state index < -0.39 is 6.04 Å². The van der Waals surface area contributed by atoms with Gasteiger partial charge < -0.3 is 20.1 Å². The molecule has 184 valence electrons. The molecule has 6 heteroatoms. The van der Waals surface area contributed by atoms with Gasteiger partial charge in [-0.1, -0.05) is 78.9 Å². The Hall–Kier alpha value is -3.90. The second-order valence-corrected chi connectivity index (χ2v) is 9.49. The number of likely N-dealkylation sites (N-methyl/N-ethyl adjacent to an activating group) is 1. The van der Waals surface area contributed by atoms with Crippen molar-refractivity contribution in [3.63, 3.8) is 0 Å². The van der Waals surface area contributed by atoms with Crippen molar-refractivity contribution >= 4 is 22.7 Å². The summed E-state index contributed by atoms with van der Waals surface area (Å²) in [7, 11) is 1.82. The second-order valence-electron chi connectivity index (χ2n) is 9.49. The minimum atomic E-state index is -0.554. The minimum absolute atomic E-state index is 0.0195. The Kier molecular flexibility index (Phi) is 7.14. The van der Waals surface area contributed by atoms with Gasteiger partial charge >= 0.3 is 0 Å². The third-order valence-corrected chi connectivity index (χ3v) is 7.00. The normalized spacial score (nSPS) is 16.8. The third kappa shape index (κ3) is 5.19. The van der Waals surface area contributed by atoms with Gasteiger partial charge in [-0.25, -0.2) is 0 Å². The van der Waals surface area contributed by atoms with Crippen molar-refractivity contribution in [3.05, 3.63) is 108 Å². The summed E-state index contributed by atoms with van der Waals surface area (Å²) < 4.78 is 0. The van der Waals surface area contributed by atoms with Gasteiger partial charge in [0.2, 0.25) is 11.8 Å². The molecule has 6 nitrogen and oxygen atoms in total. The standard InChI is InChI=1S/C30H32N4O2/c1-33(21-23-12-6-3-7-13-23)30(36)28(18-22-10-4-2-5-11-22)34-17-16-31-27(29(34)35)19-24-20-32-26-15-9-8-14-25(24)26/h2-15,20,27-28,31-32H,16-19,21H2,1H3/t27?,28-/m1/s1. The number of hydrogen-bond acceptors (Lipinski definition) is 3. The summed E-state index contributed by atoms with van der Waals surface area (Å²) in [5.74, 6) is -0.0577. The van der Waals surface area contributed by atoms with Gasteiger partial charge in [0.05, 0.1) is 6.04 Å². The lowest BCUT2D eigenvalue weighted by atomic mass is 9.98. The monoisotopic (exact) mass is 480 g/mol. The molecular formula is C30H32N4O2. The summed E-state index contributed by atoms with van der Waals surface area (Å²) in [6.07, 6.45) is 3.05. The SMILES string of the molecule is CN(Cc1ccccc1)C(=O)[C@@H](Cc1ccccc1)N1CCNC(Cc2c[nH]c3ccccc23)C1=O. The van der Waals surface area contributed by atoms with Crippen molar-refractivity contribution in [1.82, 2.24) is 20.1 Å². The van der Waals surface area contributed by atoms with E-state index in [4.69, 9.17) is 0 Å². The van der Waals surface area contributed by atoms with Crippen LogP contribution in [0.2, 0.25) is 0 Å². The molecule has 1 aliphatic heterocycles. The largest absolute Gasteiger partial charge is 0.361 e. The summed E-state index contributed by atoms with van der Waals surface area (Å²) in [5, 5.41) is 4.53. The van der Waals surface area contributed by atoms with Gasteiger partial charge in [-0.3, -0.25) is 9.59 Å². The number of amides is 2. The molecule has 1 aliphatic rings. The number of nitrogens with zero attached hydrogens (tertiary/aromatic N) is 2.